The third-order valence-corrected chi connectivity index (χ3v) is 12.7. The second-order valence-electron chi connectivity index (χ2n) is 16.0. The molecule has 4 aliphatic heterocycles. The summed E-state index contributed by atoms with van der Waals surface area (Å²) in [6.45, 7) is 4.50. The largest absolute Gasteiger partial charge is 0.490 e. The molecule has 4 amide bonds. The molecular formula is C42H46ClFN8O5. The maximum atomic E-state index is 15.9. The number of fused-ring (bicyclic) bond motifs is 1. The van der Waals surface area contributed by atoms with Crippen molar-refractivity contribution in [3.8, 4) is 11.8 Å². The number of hydrogen-bond donors (Lipinski definition) is 2. The van der Waals surface area contributed by atoms with Crippen LogP contribution in [0.15, 0.2) is 42.5 Å². The van der Waals surface area contributed by atoms with Gasteiger partial charge in [-0.3, -0.25) is 24.5 Å². The summed E-state index contributed by atoms with van der Waals surface area (Å²) < 4.78 is 22.0. The number of amides is 4. The van der Waals surface area contributed by atoms with Crippen molar-refractivity contribution in [2.75, 3.05) is 37.6 Å². The Morgan fingerprint density at radius 3 is 2.40 bits per heavy atom. The summed E-state index contributed by atoms with van der Waals surface area (Å²) in [5.41, 5.74) is 2.02. The number of nitrogens with zero attached hydrogens (tertiary/aromatic N) is 6. The van der Waals surface area contributed by atoms with Crippen LogP contribution in [0.3, 0.4) is 0 Å². The number of nitriles is 1. The number of anilines is 1. The molecule has 5 heterocycles. The van der Waals surface area contributed by atoms with E-state index in [0.717, 1.165) is 89.9 Å². The highest BCUT2D eigenvalue weighted by atomic mass is 35.5. The van der Waals surface area contributed by atoms with Crippen molar-refractivity contribution in [3.63, 3.8) is 0 Å². The molecule has 2 aromatic carbocycles. The van der Waals surface area contributed by atoms with E-state index in [1.54, 1.807) is 36.4 Å². The number of aromatic nitrogens is 2. The summed E-state index contributed by atoms with van der Waals surface area (Å²) in [5, 5.41) is 23.5. The highest BCUT2D eigenvalue weighted by Crippen LogP contribution is 2.37. The first-order valence-electron chi connectivity index (χ1n) is 20.1. The molecular weight excluding hydrogens is 751 g/mol. The van der Waals surface area contributed by atoms with Crippen LogP contribution < -0.4 is 20.3 Å². The molecule has 0 spiro atoms. The minimum absolute atomic E-state index is 0.0173. The number of carbonyl (C=O) groups excluding carboxylic acids is 4. The molecule has 0 radical (unpaired) electrons. The lowest BCUT2D eigenvalue weighted by Gasteiger charge is -2.38. The molecule has 0 bridgehead atoms. The van der Waals surface area contributed by atoms with E-state index in [9.17, 15) is 19.2 Å². The minimum atomic E-state index is -0.763. The first-order valence-corrected chi connectivity index (χ1v) is 20.5. The van der Waals surface area contributed by atoms with Gasteiger partial charge in [0.2, 0.25) is 11.8 Å². The average molecular weight is 797 g/mol. The number of hydrogen-bond acceptors (Lipinski definition) is 10. The van der Waals surface area contributed by atoms with Crippen LogP contribution in [0.5, 0.6) is 5.75 Å². The molecule has 3 aromatic rings. The standard InChI is InChI=1S/C42H46ClFN8O5/c43-34-21-30(4-1-27(34)22-45)57-29-5-2-28(3-6-29)46-40(54)35-9-11-37(49-48-35)51-19-13-25(14-20-51)23-50-17-15-26(16-18-50)31-7-8-32-33(39(31)44)24-52(42(32)56)36-10-12-38(53)47-41(36)55/h1,4,7-9,11,21,25-26,28-29,36H,2-3,5-6,10,12-20,23-24H2,(H,46,54)(H,47,53,55). The minimum Gasteiger partial charge on any atom is -0.490 e. The number of carbonyl (C=O) groups is 4. The number of benzene rings is 2. The Balaban J connectivity index is 0.754. The normalized spacial score (nSPS) is 23.5. The van der Waals surface area contributed by atoms with Gasteiger partial charge in [0.15, 0.2) is 11.5 Å². The summed E-state index contributed by atoms with van der Waals surface area (Å²) in [6.07, 6.45) is 7.27. The van der Waals surface area contributed by atoms with Crippen molar-refractivity contribution in [1.82, 2.24) is 30.6 Å². The second-order valence-corrected chi connectivity index (χ2v) is 16.4. The Morgan fingerprint density at radius 1 is 0.947 bits per heavy atom. The van der Waals surface area contributed by atoms with Crippen LogP contribution >= 0.6 is 11.6 Å². The van der Waals surface area contributed by atoms with Gasteiger partial charge in [-0.25, -0.2) is 4.39 Å². The quantitative estimate of drug-likeness (QED) is 0.279. The van der Waals surface area contributed by atoms with Crippen molar-refractivity contribution in [3.05, 3.63) is 81.3 Å². The number of piperidine rings is 3. The first kappa shape index (κ1) is 38.7. The van der Waals surface area contributed by atoms with E-state index >= 15 is 4.39 Å². The van der Waals surface area contributed by atoms with Gasteiger partial charge in [-0.1, -0.05) is 17.7 Å². The van der Waals surface area contributed by atoms with Crippen molar-refractivity contribution < 1.29 is 28.3 Å². The van der Waals surface area contributed by atoms with Gasteiger partial charge in [0.1, 0.15) is 23.7 Å². The first-order chi connectivity index (χ1) is 27.6. The molecule has 1 aromatic heterocycles. The monoisotopic (exact) mass is 796 g/mol. The van der Waals surface area contributed by atoms with Crippen LogP contribution in [-0.2, 0) is 16.1 Å². The Morgan fingerprint density at radius 2 is 1.72 bits per heavy atom. The van der Waals surface area contributed by atoms with Gasteiger partial charge in [0, 0.05) is 49.3 Å². The predicted molar refractivity (Wildman–Crippen MR) is 208 cm³/mol. The topological polar surface area (TPSA) is 161 Å². The Kier molecular flexibility index (Phi) is 11.4. The maximum Gasteiger partial charge on any atom is 0.272 e. The number of halogens is 2. The summed E-state index contributed by atoms with van der Waals surface area (Å²) >= 11 is 6.14. The smallest absolute Gasteiger partial charge is 0.272 e. The van der Waals surface area contributed by atoms with E-state index in [0.29, 0.717) is 44.6 Å². The van der Waals surface area contributed by atoms with Gasteiger partial charge in [-0.15, -0.1) is 10.2 Å². The highest BCUT2D eigenvalue weighted by Gasteiger charge is 2.41. The van der Waals surface area contributed by atoms with Crippen LogP contribution in [0, 0.1) is 23.1 Å². The van der Waals surface area contributed by atoms with Crippen LogP contribution in [0.4, 0.5) is 10.2 Å². The Bertz CT molecular complexity index is 2070. The molecule has 57 heavy (non-hydrogen) atoms. The third-order valence-electron chi connectivity index (χ3n) is 12.4. The van der Waals surface area contributed by atoms with E-state index < -0.39 is 11.9 Å². The maximum absolute atomic E-state index is 15.9. The van der Waals surface area contributed by atoms with Gasteiger partial charge >= 0.3 is 0 Å². The van der Waals surface area contributed by atoms with E-state index in [1.165, 1.54) is 4.90 Å². The molecule has 298 valence electrons. The second kappa shape index (κ2) is 16.8. The fraction of sp³-hybridized carbons (Fsp3) is 0.500. The molecule has 1 unspecified atom stereocenters. The van der Waals surface area contributed by atoms with E-state index in [4.69, 9.17) is 21.6 Å². The van der Waals surface area contributed by atoms with Gasteiger partial charge in [-0.05, 0) is 119 Å². The van der Waals surface area contributed by atoms with Gasteiger partial charge in [0.25, 0.3) is 11.8 Å². The molecule has 3 saturated heterocycles. The molecule has 8 rings (SSSR count). The molecule has 1 aliphatic carbocycles. The molecule has 2 N–H and O–H groups in total. The van der Waals surface area contributed by atoms with Gasteiger partial charge in [-0.2, -0.15) is 5.26 Å². The van der Waals surface area contributed by atoms with Crippen molar-refractivity contribution in [2.45, 2.75) is 94.9 Å². The highest BCUT2D eigenvalue weighted by molar-refractivity contribution is 6.31. The van der Waals surface area contributed by atoms with E-state index in [1.807, 2.05) is 12.1 Å². The van der Waals surface area contributed by atoms with Crippen LogP contribution in [-0.4, -0.2) is 94.5 Å². The summed E-state index contributed by atoms with van der Waals surface area (Å²) in [6, 6.07) is 13.5. The SMILES string of the molecule is N#Cc1ccc(OC2CCC(NC(=O)c3ccc(N4CCC(CN5CCC(c6ccc7c(c6F)CN(C6CCC(=O)NC6=O)C7=O)CC5)CC4)nn3)CC2)cc1Cl. The molecule has 13 nitrogen and oxygen atoms in total. The van der Waals surface area contributed by atoms with Crippen LogP contribution in [0.2, 0.25) is 5.02 Å². The lowest BCUT2D eigenvalue weighted by molar-refractivity contribution is -0.136. The Labute approximate surface area is 335 Å². The number of rotatable bonds is 9. The lowest BCUT2D eigenvalue weighted by Crippen LogP contribution is -2.52. The predicted octanol–water partition coefficient (Wildman–Crippen LogP) is 5.12. The van der Waals surface area contributed by atoms with Crippen molar-refractivity contribution in [2.24, 2.45) is 5.92 Å². The third kappa shape index (κ3) is 8.46. The van der Waals surface area contributed by atoms with Crippen molar-refractivity contribution in [1.29, 1.82) is 5.26 Å². The lowest BCUT2D eigenvalue weighted by atomic mass is 9.86. The van der Waals surface area contributed by atoms with Crippen molar-refractivity contribution >= 4 is 41.0 Å². The molecule has 1 saturated carbocycles. The average Bonchev–Trinajstić information content (AvgIpc) is 3.56. The zero-order valence-corrected chi connectivity index (χ0v) is 32.5. The zero-order valence-electron chi connectivity index (χ0n) is 31.7. The summed E-state index contributed by atoms with van der Waals surface area (Å²) in [5.74, 6) is 0.238. The Hall–Kier alpha value is -5.13. The van der Waals surface area contributed by atoms with E-state index in [2.05, 4.69) is 30.6 Å². The van der Waals surface area contributed by atoms with E-state index in [-0.39, 0.29) is 61.0 Å². The van der Waals surface area contributed by atoms with Gasteiger partial charge < -0.3 is 24.8 Å². The number of ether oxygens (including phenoxy) is 1. The van der Waals surface area contributed by atoms with Crippen LogP contribution in [0.25, 0.3) is 0 Å². The fourth-order valence-corrected chi connectivity index (χ4v) is 9.34. The molecule has 15 heteroatoms. The molecule has 5 aliphatic rings. The number of imide groups is 1. The van der Waals surface area contributed by atoms with Gasteiger partial charge in [0.05, 0.1) is 23.2 Å². The zero-order chi connectivity index (χ0) is 39.6. The molecule has 1 atom stereocenters. The molecule has 4 fully saturated rings. The number of nitrogens with one attached hydrogen (secondary N) is 2. The summed E-state index contributed by atoms with van der Waals surface area (Å²) in [4.78, 5) is 56.3. The fourth-order valence-electron chi connectivity index (χ4n) is 9.13. The van der Waals surface area contributed by atoms with Crippen LogP contribution in [0.1, 0.15) is 108 Å². The summed E-state index contributed by atoms with van der Waals surface area (Å²) in [7, 11) is 0. The number of likely N-dealkylation sites (tertiary alicyclic amines) is 1.